The van der Waals surface area contributed by atoms with Gasteiger partial charge in [-0.25, -0.2) is 9.78 Å². The number of Topliss-reactive ketones (excluding diaryl/α,β-unsaturated/α-hetero) is 2. The maximum absolute atomic E-state index is 11.5. The number of amides is 1. The monoisotopic (exact) mass is 435 g/mol. The molecule has 2 aromatic rings. The molecule has 2 heterocycles. The van der Waals surface area contributed by atoms with Crippen LogP contribution in [-0.4, -0.2) is 60.1 Å². The average molecular weight is 435 g/mol. The molecule has 0 fully saturated rings. The van der Waals surface area contributed by atoms with Gasteiger partial charge >= 0.3 is 6.09 Å². The Morgan fingerprint density at radius 3 is 2.19 bits per heavy atom. The minimum absolute atomic E-state index is 0.0694. The summed E-state index contributed by atoms with van der Waals surface area (Å²) >= 11 is 0. The van der Waals surface area contributed by atoms with Gasteiger partial charge < -0.3 is 29.6 Å². The summed E-state index contributed by atoms with van der Waals surface area (Å²) in [7, 11) is 2.88. The zero-order valence-electron chi connectivity index (χ0n) is 17.7. The fourth-order valence-corrected chi connectivity index (χ4v) is 2.43. The quantitative estimate of drug-likeness (QED) is 0.395. The zero-order chi connectivity index (χ0) is 23.4. The molecule has 1 amide bonds. The fraction of sp³-hybridized carbons (Fsp3) is 0.350. The molecule has 0 bridgehead atoms. The van der Waals surface area contributed by atoms with E-state index in [1.165, 1.54) is 46.5 Å². The second kappa shape index (κ2) is 12.6. The van der Waals surface area contributed by atoms with Crippen LogP contribution in [-0.2, 0) is 0 Å². The molecule has 0 saturated carbocycles. The Balaban J connectivity index is 0.000000343. The third-order valence-electron chi connectivity index (χ3n) is 3.78. The van der Waals surface area contributed by atoms with Gasteiger partial charge in [0, 0.05) is 18.9 Å². The highest BCUT2D eigenvalue weighted by Crippen LogP contribution is 2.26. The van der Waals surface area contributed by atoms with Crippen LogP contribution in [0.15, 0.2) is 29.3 Å². The summed E-state index contributed by atoms with van der Waals surface area (Å²) in [4.78, 5) is 50.2. The van der Waals surface area contributed by atoms with Crippen molar-refractivity contribution in [3.8, 4) is 17.4 Å². The van der Waals surface area contributed by atoms with E-state index in [0.29, 0.717) is 17.9 Å². The third-order valence-corrected chi connectivity index (χ3v) is 3.78. The standard InChI is InChI=1S/C12H16N2O5.C8H9NO3/c1-8(15)10-9(18-2)4-6-13-11(10)19-7-3-5-14-12(16)17;1-5(10)7-6(12-2)3-4-9-8(7)11/h4,6,14H,3,5,7H2,1-2H3,(H,16,17);3-4H,1-2H3,(H,9,11). The number of aromatic amines is 1. The second-order valence-corrected chi connectivity index (χ2v) is 5.99. The molecule has 3 N–H and O–H groups in total. The van der Waals surface area contributed by atoms with E-state index in [9.17, 15) is 19.2 Å². The van der Waals surface area contributed by atoms with Crippen LogP contribution in [0, 0.1) is 0 Å². The number of carbonyl (C=O) groups is 3. The van der Waals surface area contributed by atoms with Gasteiger partial charge in [0.1, 0.15) is 22.6 Å². The Morgan fingerprint density at radius 1 is 1.06 bits per heavy atom. The number of hydrogen-bond acceptors (Lipinski definition) is 8. The molecule has 0 spiro atoms. The lowest BCUT2D eigenvalue weighted by atomic mass is 10.2. The van der Waals surface area contributed by atoms with Crippen molar-refractivity contribution in [1.82, 2.24) is 15.3 Å². The average Bonchev–Trinajstić information content (AvgIpc) is 2.72. The molecule has 0 atom stereocenters. The molecule has 0 radical (unpaired) electrons. The van der Waals surface area contributed by atoms with Crippen molar-refractivity contribution in [2.24, 2.45) is 0 Å². The van der Waals surface area contributed by atoms with Crippen LogP contribution in [0.25, 0.3) is 0 Å². The van der Waals surface area contributed by atoms with E-state index in [2.05, 4.69) is 15.3 Å². The fourth-order valence-electron chi connectivity index (χ4n) is 2.43. The normalized spacial score (nSPS) is 9.68. The molecule has 0 aromatic carbocycles. The van der Waals surface area contributed by atoms with Crippen molar-refractivity contribution < 1.29 is 33.7 Å². The lowest BCUT2D eigenvalue weighted by Gasteiger charge is -2.11. The highest BCUT2D eigenvalue weighted by atomic mass is 16.5. The van der Waals surface area contributed by atoms with Gasteiger partial charge in [-0.1, -0.05) is 0 Å². The molecular weight excluding hydrogens is 410 g/mol. The number of rotatable bonds is 9. The predicted octanol–water partition coefficient (Wildman–Crippen LogP) is 1.92. The number of pyridine rings is 2. The number of ketones is 2. The lowest BCUT2D eigenvalue weighted by Crippen LogP contribution is -2.23. The summed E-state index contributed by atoms with van der Waals surface area (Å²) in [5.41, 5.74) is -0.0574. The first-order chi connectivity index (χ1) is 14.7. The molecule has 168 valence electrons. The maximum Gasteiger partial charge on any atom is 0.404 e. The van der Waals surface area contributed by atoms with Gasteiger partial charge in [-0.15, -0.1) is 0 Å². The maximum atomic E-state index is 11.5. The molecule has 0 aliphatic heterocycles. The van der Waals surface area contributed by atoms with Crippen LogP contribution in [0.5, 0.6) is 17.4 Å². The number of nitrogens with zero attached hydrogens (tertiary/aromatic N) is 1. The van der Waals surface area contributed by atoms with Crippen LogP contribution in [0.3, 0.4) is 0 Å². The molecule has 2 aromatic heterocycles. The Kier molecular flexibility index (Phi) is 10.2. The van der Waals surface area contributed by atoms with Crippen molar-refractivity contribution in [3.05, 3.63) is 46.0 Å². The van der Waals surface area contributed by atoms with Crippen molar-refractivity contribution in [2.75, 3.05) is 27.4 Å². The van der Waals surface area contributed by atoms with E-state index in [0.717, 1.165) is 0 Å². The van der Waals surface area contributed by atoms with E-state index in [4.69, 9.17) is 19.3 Å². The summed E-state index contributed by atoms with van der Waals surface area (Å²) in [5, 5.41) is 10.6. The van der Waals surface area contributed by atoms with Crippen molar-refractivity contribution in [2.45, 2.75) is 20.3 Å². The number of carboxylic acid groups (broad SMARTS) is 1. The Bertz CT molecular complexity index is 971. The molecule has 11 nitrogen and oxygen atoms in total. The summed E-state index contributed by atoms with van der Waals surface area (Å²) < 4.78 is 15.3. The number of carbonyl (C=O) groups excluding carboxylic acids is 2. The highest BCUT2D eigenvalue weighted by Gasteiger charge is 2.16. The molecule has 2 rings (SSSR count). The van der Waals surface area contributed by atoms with Gasteiger partial charge in [-0.2, -0.15) is 0 Å². The van der Waals surface area contributed by atoms with E-state index in [-0.39, 0.29) is 41.7 Å². The van der Waals surface area contributed by atoms with Gasteiger partial charge in [0.15, 0.2) is 11.6 Å². The van der Waals surface area contributed by atoms with Crippen molar-refractivity contribution >= 4 is 17.7 Å². The summed E-state index contributed by atoms with van der Waals surface area (Å²) in [6.07, 6.45) is 2.32. The predicted molar refractivity (Wildman–Crippen MR) is 111 cm³/mol. The second-order valence-electron chi connectivity index (χ2n) is 5.99. The number of methoxy groups -OCH3 is 2. The number of ether oxygens (including phenoxy) is 3. The summed E-state index contributed by atoms with van der Waals surface area (Å²) in [6, 6.07) is 3.12. The molecular formula is C20H25N3O8. The van der Waals surface area contributed by atoms with Crippen molar-refractivity contribution in [1.29, 1.82) is 0 Å². The van der Waals surface area contributed by atoms with Crippen LogP contribution < -0.4 is 25.1 Å². The van der Waals surface area contributed by atoms with E-state index >= 15 is 0 Å². The molecule has 11 heteroatoms. The van der Waals surface area contributed by atoms with Crippen LogP contribution in [0.2, 0.25) is 0 Å². The molecule has 0 unspecified atom stereocenters. The summed E-state index contributed by atoms with van der Waals surface area (Å²) in [5.74, 6) is 0.409. The van der Waals surface area contributed by atoms with Crippen LogP contribution >= 0.6 is 0 Å². The Labute approximate surface area is 178 Å². The Morgan fingerprint density at radius 2 is 1.68 bits per heavy atom. The molecule has 0 saturated heterocycles. The van der Waals surface area contributed by atoms with Crippen molar-refractivity contribution in [3.63, 3.8) is 0 Å². The van der Waals surface area contributed by atoms with Gasteiger partial charge in [0.05, 0.1) is 20.8 Å². The van der Waals surface area contributed by atoms with Gasteiger partial charge in [-0.3, -0.25) is 14.4 Å². The lowest BCUT2D eigenvalue weighted by molar-refractivity contribution is 0.0998. The minimum Gasteiger partial charge on any atom is -0.496 e. The van der Waals surface area contributed by atoms with Gasteiger partial charge in [-0.05, 0) is 32.4 Å². The number of aromatic nitrogens is 2. The number of H-pyrrole nitrogens is 1. The van der Waals surface area contributed by atoms with Gasteiger partial charge in [0.2, 0.25) is 5.88 Å². The van der Waals surface area contributed by atoms with Crippen LogP contribution in [0.4, 0.5) is 4.79 Å². The molecule has 0 aliphatic rings. The first-order valence-electron chi connectivity index (χ1n) is 9.13. The zero-order valence-corrected chi connectivity index (χ0v) is 17.7. The smallest absolute Gasteiger partial charge is 0.404 e. The first kappa shape index (κ1) is 25.1. The topological polar surface area (TPSA) is 157 Å². The summed E-state index contributed by atoms with van der Waals surface area (Å²) in [6.45, 7) is 3.25. The Hall–Kier alpha value is -3.89. The van der Waals surface area contributed by atoms with E-state index in [1.807, 2.05) is 0 Å². The number of nitrogens with one attached hydrogen (secondary N) is 2. The van der Waals surface area contributed by atoms with E-state index in [1.54, 1.807) is 6.07 Å². The molecule has 0 aliphatic carbocycles. The van der Waals surface area contributed by atoms with E-state index < -0.39 is 11.7 Å². The first-order valence-corrected chi connectivity index (χ1v) is 9.13. The van der Waals surface area contributed by atoms with Crippen LogP contribution in [0.1, 0.15) is 41.0 Å². The third kappa shape index (κ3) is 7.80. The minimum atomic E-state index is -1.08. The largest absolute Gasteiger partial charge is 0.496 e. The van der Waals surface area contributed by atoms with Gasteiger partial charge in [0.25, 0.3) is 5.56 Å². The highest BCUT2D eigenvalue weighted by molar-refractivity contribution is 5.99. The number of hydrogen-bond donors (Lipinski definition) is 3. The molecule has 31 heavy (non-hydrogen) atoms. The SMILES string of the molecule is COc1cc[nH]c(=O)c1C(C)=O.COc1ccnc(OCCCNC(=O)O)c1C(C)=O.